The standard InChI is InChI=1S/C16H24FNO2/c1-11(2)9-14(18)15(19)20-16(3,4)10-12-5-7-13(17)8-6-12/h5-8,11,14H,9-10,18H2,1-4H3. The summed E-state index contributed by atoms with van der Waals surface area (Å²) < 4.78 is 18.3. The number of ether oxygens (including phenoxy) is 1. The summed E-state index contributed by atoms with van der Waals surface area (Å²) >= 11 is 0. The van der Waals surface area contributed by atoms with Gasteiger partial charge in [0.25, 0.3) is 0 Å². The minimum Gasteiger partial charge on any atom is -0.458 e. The number of benzene rings is 1. The van der Waals surface area contributed by atoms with Gasteiger partial charge in [0.1, 0.15) is 17.5 Å². The van der Waals surface area contributed by atoms with Crippen molar-refractivity contribution in [2.24, 2.45) is 11.7 Å². The molecular weight excluding hydrogens is 257 g/mol. The Labute approximate surface area is 120 Å². The molecule has 1 aromatic carbocycles. The fraction of sp³-hybridized carbons (Fsp3) is 0.562. The van der Waals surface area contributed by atoms with Crippen molar-refractivity contribution in [1.82, 2.24) is 0 Å². The molecule has 0 amide bonds. The number of hydrogen-bond acceptors (Lipinski definition) is 3. The third-order valence-corrected chi connectivity index (χ3v) is 2.95. The molecule has 0 fully saturated rings. The molecule has 0 aliphatic carbocycles. The molecule has 0 spiro atoms. The number of hydrogen-bond donors (Lipinski definition) is 1. The van der Waals surface area contributed by atoms with E-state index in [2.05, 4.69) is 0 Å². The van der Waals surface area contributed by atoms with E-state index in [0.717, 1.165) is 5.56 Å². The van der Waals surface area contributed by atoms with E-state index in [0.29, 0.717) is 18.8 Å². The third-order valence-electron chi connectivity index (χ3n) is 2.95. The molecule has 0 aliphatic heterocycles. The maximum absolute atomic E-state index is 12.9. The Hall–Kier alpha value is -1.42. The second kappa shape index (κ2) is 6.84. The zero-order chi connectivity index (χ0) is 15.3. The van der Waals surface area contributed by atoms with Gasteiger partial charge in [0.15, 0.2) is 0 Å². The summed E-state index contributed by atoms with van der Waals surface area (Å²) in [6.07, 6.45) is 1.12. The summed E-state index contributed by atoms with van der Waals surface area (Å²) in [6.45, 7) is 7.68. The summed E-state index contributed by atoms with van der Waals surface area (Å²) in [6, 6.07) is 5.59. The summed E-state index contributed by atoms with van der Waals surface area (Å²) in [5, 5.41) is 0. The summed E-state index contributed by atoms with van der Waals surface area (Å²) in [4.78, 5) is 11.9. The average Bonchev–Trinajstić information content (AvgIpc) is 2.30. The minimum absolute atomic E-state index is 0.275. The van der Waals surface area contributed by atoms with Crippen LogP contribution in [0.4, 0.5) is 4.39 Å². The first-order chi connectivity index (χ1) is 9.19. The lowest BCUT2D eigenvalue weighted by Gasteiger charge is -2.27. The van der Waals surface area contributed by atoms with Crippen molar-refractivity contribution in [1.29, 1.82) is 0 Å². The zero-order valence-corrected chi connectivity index (χ0v) is 12.7. The highest BCUT2D eigenvalue weighted by Gasteiger charge is 2.27. The van der Waals surface area contributed by atoms with Crippen molar-refractivity contribution in [3.63, 3.8) is 0 Å². The first-order valence-corrected chi connectivity index (χ1v) is 6.92. The van der Waals surface area contributed by atoms with Crippen LogP contribution in [0.5, 0.6) is 0 Å². The number of esters is 1. The van der Waals surface area contributed by atoms with Gasteiger partial charge in [-0.1, -0.05) is 26.0 Å². The molecule has 0 heterocycles. The lowest BCUT2D eigenvalue weighted by atomic mass is 9.98. The van der Waals surface area contributed by atoms with Gasteiger partial charge in [-0.25, -0.2) is 4.39 Å². The van der Waals surface area contributed by atoms with E-state index in [1.54, 1.807) is 12.1 Å². The van der Waals surface area contributed by atoms with Gasteiger partial charge in [-0.15, -0.1) is 0 Å². The second-order valence-electron chi connectivity index (χ2n) is 6.22. The van der Waals surface area contributed by atoms with Crippen molar-refractivity contribution in [3.8, 4) is 0 Å². The van der Waals surface area contributed by atoms with Crippen molar-refractivity contribution < 1.29 is 13.9 Å². The van der Waals surface area contributed by atoms with Crippen molar-refractivity contribution >= 4 is 5.97 Å². The molecule has 0 aromatic heterocycles. The molecule has 20 heavy (non-hydrogen) atoms. The Morgan fingerprint density at radius 1 is 1.30 bits per heavy atom. The van der Waals surface area contributed by atoms with E-state index in [4.69, 9.17) is 10.5 Å². The summed E-state index contributed by atoms with van der Waals surface area (Å²) in [5.74, 6) is -0.314. The topological polar surface area (TPSA) is 52.3 Å². The predicted octanol–water partition coefficient (Wildman–Crippen LogP) is 3.06. The Balaban J connectivity index is 2.60. The molecular formula is C16H24FNO2. The molecule has 1 atom stereocenters. The number of halogens is 1. The average molecular weight is 281 g/mol. The number of rotatable bonds is 6. The van der Waals surface area contributed by atoms with Crippen LogP contribution < -0.4 is 5.73 Å². The predicted molar refractivity (Wildman–Crippen MR) is 77.7 cm³/mol. The molecule has 1 unspecified atom stereocenters. The zero-order valence-electron chi connectivity index (χ0n) is 12.7. The van der Waals surface area contributed by atoms with Gasteiger partial charge in [-0.2, -0.15) is 0 Å². The lowest BCUT2D eigenvalue weighted by Crippen LogP contribution is -2.40. The second-order valence-corrected chi connectivity index (χ2v) is 6.22. The Bertz CT molecular complexity index is 440. The van der Waals surface area contributed by atoms with Crippen molar-refractivity contribution in [2.75, 3.05) is 0 Å². The van der Waals surface area contributed by atoms with Crippen LogP contribution in [0.3, 0.4) is 0 Å². The molecule has 1 aromatic rings. The first-order valence-electron chi connectivity index (χ1n) is 6.92. The van der Waals surface area contributed by atoms with Crippen LogP contribution in [0, 0.1) is 11.7 Å². The molecule has 112 valence electrons. The van der Waals surface area contributed by atoms with Gasteiger partial charge >= 0.3 is 5.97 Å². The van der Waals surface area contributed by atoms with E-state index < -0.39 is 11.6 Å². The van der Waals surface area contributed by atoms with E-state index in [9.17, 15) is 9.18 Å². The van der Waals surface area contributed by atoms with Gasteiger partial charge in [0, 0.05) is 6.42 Å². The van der Waals surface area contributed by atoms with Gasteiger partial charge in [0.05, 0.1) is 0 Å². The van der Waals surface area contributed by atoms with Gasteiger partial charge < -0.3 is 10.5 Å². The summed E-state index contributed by atoms with van der Waals surface area (Å²) in [5.41, 5.74) is 6.07. The fourth-order valence-electron chi connectivity index (χ4n) is 2.08. The van der Waals surface area contributed by atoms with Crippen LogP contribution in [0.15, 0.2) is 24.3 Å². The fourth-order valence-corrected chi connectivity index (χ4v) is 2.08. The quantitative estimate of drug-likeness (QED) is 0.815. The normalized spacial score (nSPS) is 13.3. The highest BCUT2D eigenvalue weighted by atomic mass is 19.1. The molecule has 0 saturated heterocycles. The van der Waals surface area contributed by atoms with Crippen LogP contribution in [0.1, 0.15) is 39.7 Å². The molecule has 0 aliphatic rings. The molecule has 1 rings (SSSR count). The highest BCUT2D eigenvalue weighted by molar-refractivity contribution is 5.75. The van der Waals surface area contributed by atoms with E-state index in [1.807, 2.05) is 27.7 Å². The first kappa shape index (κ1) is 16.6. The smallest absolute Gasteiger partial charge is 0.323 e. The van der Waals surface area contributed by atoms with Gasteiger partial charge in [-0.05, 0) is 43.9 Å². The lowest BCUT2D eigenvalue weighted by molar-refractivity contribution is -0.158. The summed E-state index contributed by atoms with van der Waals surface area (Å²) in [7, 11) is 0. The van der Waals surface area contributed by atoms with E-state index >= 15 is 0 Å². The molecule has 0 saturated carbocycles. The Kier molecular flexibility index (Phi) is 5.69. The maximum atomic E-state index is 12.9. The monoisotopic (exact) mass is 281 g/mol. The van der Waals surface area contributed by atoms with Gasteiger partial charge in [0.2, 0.25) is 0 Å². The van der Waals surface area contributed by atoms with Crippen LogP contribution in [-0.4, -0.2) is 17.6 Å². The maximum Gasteiger partial charge on any atom is 0.323 e. The number of carbonyl (C=O) groups excluding carboxylic acids is 1. The minimum atomic E-state index is -0.663. The Morgan fingerprint density at radius 3 is 2.35 bits per heavy atom. The van der Waals surface area contributed by atoms with Crippen LogP contribution in [-0.2, 0) is 16.0 Å². The SMILES string of the molecule is CC(C)CC(N)C(=O)OC(C)(C)Cc1ccc(F)cc1. The van der Waals surface area contributed by atoms with E-state index in [1.165, 1.54) is 12.1 Å². The largest absolute Gasteiger partial charge is 0.458 e. The Morgan fingerprint density at radius 2 is 1.85 bits per heavy atom. The van der Waals surface area contributed by atoms with Gasteiger partial charge in [-0.3, -0.25) is 4.79 Å². The van der Waals surface area contributed by atoms with Crippen LogP contribution in [0.2, 0.25) is 0 Å². The molecule has 0 bridgehead atoms. The number of carbonyl (C=O) groups is 1. The molecule has 2 N–H and O–H groups in total. The van der Waals surface area contributed by atoms with Crippen molar-refractivity contribution in [2.45, 2.75) is 52.2 Å². The van der Waals surface area contributed by atoms with Crippen molar-refractivity contribution in [3.05, 3.63) is 35.6 Å². The molecule has 4 heteroatoms. The number of nitrogens with two attached hydrogens (primary N) is 1. The third kappa shape index (κ3) is 5.70. The van der Waals surface area contributed by atoms with Crippen LogP contribution in [0.25, 0.3) is 0 Å². The molecule has 0 radical (unpaired) electrons. The highest BCUT2D eigenvalue weighted by Crippen LogP contribution is 2.19. The molecule has 3 nitrogen and oxygen atoms in total. The van der Waals surface area contributed by atoms with E-state index in [-0.39, 0.29) is 11.8 Å². The van der Waals surface area contributed by atoms with Crippen LogP contribution >= 0.6 is 0 Å².